The molecular weight excluding hydrogens is 330 g/mol. The third-order valence-electron chi connectivity index (χ3n) is 3.98. The van der Waals surface area contributed by atoms with Crippen LogP contribution in [0.25, 0.3) is 17.0 Å². The van der Waals surface area contributed by atoms with Crippen LogP contribution < -0.4 is 0 Å². The number of rotatable bonds is 3. The average Bonchev–Trinajstić information content (AvgIpc) is 3.04. The molecule has 0 aliphatic rings. The Morgan fingerprint density at radius 1 is 1.04 bits per heavy atom. The van der Waals surface area contributed by atoms with Crippen LogP contribution in [0.4, 0.5) is 0 Å². The van der Waals surface area contributed by atoms with Gasteiger partial charge in [0.25, 0.3) is 5.95 Å². The van der Waals surface area contributed by atoms with Crippen molar-refractivity contribution in [1.82, 2.24) is 24.7 Å². The molecule has 4 aromatic rings. The summed E-state index contributed by atoms with van der Waals surface area (Å²) in [6, 6.07) is 10.0. The van der Waals surface area contributed by atoms with Gasteiger partial charge >= 0.3 is 0 Å². The number of benzene rings is 1. The molecular formula is C19H15N5O2. The third kappa shape index (κ3) is 2.69. The Morgan fingerprint density at radius 2 is 1.77 bits per heavy atom. The number of carbonyl (C=O) groups is 1. The van der Waals surface area contributed by atoms with Gasteiger partial charge in [0.2, 0.25) is 0 Å². The summed E-state index contributed by atoms with van der Waals surface area (Å²) < 4.78 is 1.55. The Kier molecular flexibility index (Phi) is 3.69. The molecule has 4 rings (SSSR count). The number of carbonyl (C=O) groups excluding carboxylic acids is 1. The van der Waals surface area contributed by atoms with Gasteiger partial charge in [-0.05, 0) is 38.1 Å². The van der Waals surface area contributed by atoms with E-state index in [1.165, 1.54) is 12.3 Å². The molecule has 0 atom stereocenters. The highest BCUT2D eigenvalue weighted by Gasteiger charge is 2.16. The number of hydrogen-bond acceptors (Lipinski definition) is 6. The normalized spacial score (nSPS) is 11.0. The maximum atomic E-state index is 12.6. The third-order valence-corrected chi connectivity index (χ3v) is 3.98. The summed E-state index contributed by atoms with van der Waals surface area (Å²) >= 11 is 0. The fourth-order valence-corrected chi connectivity index (χ4v) is 2.81. The molecule has 0 aliphatic heterocycles. The predicted molar refractivity (Wildman–Crippen MR) is 95.5 cm³/mol. The lowest BCUT2D eigenvalue weighted by Gasteiger charge is -2.05. The van der Waals surface area contributed by atoms with E-state index in [2.05, 4.69) is 20.1 Å². The van der Waals surface area contributed by atoms with Crippen molar-refractivity contribution in [3.05, 3.63) is 71.3 Å². The van der Waals surface area contributed by atoms with Crippen molar-refractivity contribution < 1.29 is 9.90 Å². The fourth-order valence-electron chi connectivity index (χ4n) is 2.81. The van der Waals surface area contributed by atoms with Crippen molar-refractivity contribution in [1.29, 1.82) is 0 Å². The second-order valence-corrected chi connectivity index (χ2v) is 5.99. The van der Waals surface area contributed by atoms with Crippen LogP contribution in [0.3, 0.4) is 0 Å². The molecule has 26 heavy (non-hydrogen) atoms. The number of phenols is 1. The molecule has 0 saturated carbocycles. The van der Waals surface area contributed by atoms with Crippen LogP contribution in [-0.4, -0.2) is 35.6 Å². The molecule has 0 spiro atoms. The van der Waals surface area contributed by atoms with E-state index in [0.717, 1.165) is 11.4 Å². The van der Waals surface area contributed by atoms with E-state index in [0.29, 0.717) is 22.5 Å². The summed E-state index contributed by atoms with van der Waals surface area (Å²) in [5, 5.41) is 14.9. The molecule has 1 N–H and O–H groups in total. The van der Waals surface area contributed by atoms with Crippen molar-refractivity contribution in [2.75, 3.05) is 0 Å². The zero-order valence-corrected chi connectivity index (χ0v) is 14.2. The highest BCUT2D eigenvalue weighted by Crippen LogP contribution is 2.22. The van der Waals surface area contributed by atoms with Crippen LogP contribution in [0.2, 0.25) is 0 Å². The SMILES string of the molecule is Cc1cc(C)nc(-n2ncc3cc(C(=O)c4ccccc4O)cnc32)n1. The van der Waals surface area contributed by atoms with E-state index >= 15 is 0 Å². The average molecular weight is 345 g/mol. The Morgan fingerprint density at radius 3 is 2.50 bits per heavy atom. The summed E-state index contributed by atoms with van der Waals surface area (Å²) in [7, 11) is 0. The van der Waals surface area contributed by atoms with Crippen molar-refractivity contribution in [3.8, 4) is 11.7 Å². The molecule has 128 valence electrons. The van der Waals surface area contributed by atoms with Crippen LogP contribution in [-0.2, 0) is 0 Å². The summed E-state index contributed by atoms with van der Waals surface area (Å²) in [4.78, 5) is 25.8. The molecule has 3 heterocycles. The smallest absolute Gasteiger partial charge is 0.252 e. The lowest BCUT2D eigenvalue weighted by Crippen LogP contribution is -2.06. The topological polar surface area (TPSA) is 93.8 Å². The number of ketones is 1. The molecule has 0 fully saturated rings. The molecule has 7 heteroatoms. The summed E-state index contributed by atoms with van der Waals surface area (Å²) in [6.45, 7) is 3.78. The van der Waals surface area contributed by atoms with Crippen molar-refractivity contribution in [2.24, 2.45) is 0 Å². The van der Waals surface area contributed by atoms with Gasteiger partial charge in [-0.15, -0.1) is 0 Å². The van der Waals surface area contributed by atoms with Gasteiger partial charge in [-0.1, -0.05) is 12.1 Å². The van der Waals surface area contributed by atoms with E-state index < -0.39 is 0 Å². The van der Waals surface area contributed by atoms with Crippen LogP contribution in [0, 0.1) is 13.8 Å². The van der Waals surface area contributed by atoms with Gasteiger partial charge in [-0.2, -0.15) is 9.78 Å². The van der Waals surface area contributed by atoms with E-state index in [9.17, 15) is 9.90 Å². The quantitative estimate of drug-likeness (QED) is 0.574. The first kappa shape index (κ1) is 15.9. The van der Waals surface area contributed by atoms with Gasteiger partial charge in [0.05, 0.1) is 11.8 Å². The minimum Gasteiger partial charge on any atom is -0.507 e. The van der Waals surface area contributed by atoms with E-state index in [1.807, 2.05) is 19.9 Å². The molecule has 1 aromatic carbocycles. The summed E-state index contributed by atoms with van der Waals surface area (Å²) in [6.07, 6.45) is 3.09. The number of hydrogen-bond donors (Lipinski definition) is 1. The molecule has 0 saturated heterocycles. The largest absolute Gasteiger partial charge is 0.507 e. The van der Waals surface area contributed by atoms with E-state index in [-0.39, 0.29) is 17.1 Å². The molecule has 0 amide bonds. The van der Waals surface area contributed by atoms with Gasteiger partial charge in [0, 0.05) is 28.5 Å². The second kappa shape index (κ2) is 6.03. The minimum atomic E-state index is -0.298. The lowest BCUT2D eigenvalue weighted by atomic mass is 10.0. The van der Waals surface area contributed by atoms with Gasteiger partial charge in [-0.25, -0.2) is 15.0 Å². The van der Waals surface area contributed by atoms with Crippen molar-refractivity contribution in [3.63, 3.8) is 0 Å². The first-order chi connectivity index (χ1) is 12.5. The first-order valence-corrected chi connectivity index (χ1v) is 8.02. The molecule has 3 aromatic heterocycles. The van der Waals surface area contributed by atoms with Gasteiger partial charge in [0.1, 0.15) is 5.75 Å². The van der Waals surface area contributed by atoms with Crippen molar-refractivity contribution >= 4 is 16.8 Å². The van der Waals surface area contributed by atoms with Crippen LogP contribution >= 0.6 is 0 Å². The Hall–Kier alpha value is -3.61. The van der Waals surface area contributed by atoms with Gasteiger partial charge in [0.15, 0.2) is 11.4 Å². The number of pyridine rings is 1. The summed E-state index contributed by atoms with van der Waals surface area (Å²) in [5.74, 6) is 0.0783. The number of nitrogens with zero attached hydrogens (tertiary/aromatic N) is 5. The first-order valence-electron chi connectivity index (χ1n) is 8.02. The lowest BCUT2D eigenvalue weighted by molar-refractivity contribution is 0.103. The number of aromatic hydroxyl groups is 1. The number of phenolic OH excluding ortho intramolecular Hbond substituents is 1. The highest BCUT2D eigenvalue weighted by atomic mass is 16.3. The van der Waals surface area contributed by atoms with Crippen LogP contribution in [0.1, 0.15) is 27.3 Å². The van der Waals surface area contributed by atoms with E-state index in [1.54, 1.807) is 35.1 Å². The molecule has 0 radical (unpaired) electrons. The molecule has 0 aliphatic carbocycles. The monoisotopic (exact) mass is 345 g/mol. The number of aromatic nitrogens is 5. The standard InChI is InChI=1S/C19H15N5O2/c1-11-7-12(2)23-19(22-11)24-18-14(10-21-24)8-13(9-20-18)17(26)15-5-3-4-6-16(15)25/h3-10,25H,1-2H3. The molecule has 7 nitrogen and oxygen atoms in total. The van der Waals surface area contributed by atoms with Crippen molar-refractivity contribution in [2.45, 2.75) is 13.8 Å². The molecule has 0 unspecified atom stereocenters. The van der Waals surface area contributed by atoms with Crippen LogP contribution in [0.5, 0.6) is 5.75 Å². The molecule has 0 bridgehead atoms. The number of para-hydroxylation sites is 1. The fraction of sp³-hybridized carbons (Fsp3) is 0.105. The van der Waals surface area contributed by atoms with Gasteiger partial charge in [-0.3, -0.25) is 4.79 Å². The second-order valence-electron chi connectivity index (χ2n) is 5.99. The maximum absolute atomic E-state index is 12.6. The van der Waals surface area contributed by atoms with E-state index in [4.69, 9.17) is 0 Å². The zero-order valence-electron chi connectivity index (χ0n) is 14.2. The Balaban J connectivity index is 1.78. The number of fused-ring (bicyclic) bond motifs is 1. The van der Waals surface area contributed by atoms with Gasteiger partial charge < -0.3 is 5.11 Å². The maximum Gasteiger partial charge on any atom is 0.252 e. The predicted octanol–water partition coefficient (Wildman–Crippen LogP) is 2.76. The minimum absolute atomic E-state index is 0.0584. The number of aryl methyl sites for hydroxylation is 2. The Labute approximate surface area is 149 Å². The Bertz CT molecular complexity index is 1130. The highest BCUT2D eigenvalue weighted by molar-refractivity contribution is 6.11. The zero-order chi connectivity index (χ0) is 18.3. The summed E-state index contributed by atoms with van der Waals surface area (Å²) in [5.41, 5.74) is 2.84. The van der Waals surface area contributed by atoms with Crippen LogP contribution in [0.15, 0.2) is 48.8 Å².